The molecule has 64 valence electrons. The van der Waals surface area contributed by atoms with Crippen molar-refractivity contribution in [3.8, 4) is 0 Å². The molecule has 0 bridgehead atoms. The molecule has 1 N–H and O–H groups in total. The molecule has 1 aromatic rings. The molecule has 0 amide bonds. The number of thiophene rings is 1. The monoisotopic (exact) mass is 179 g/mol. The molecule has 0 aliphatic heterocycles. The second-order valence-electron chi connectivity index (χ2n) is 2.61. The standard InChI is InChI=1S/C10H13NS/c1-8(7-9(2)11-3)10-5-4-6-12-10/h4-6,11H,1-2,7H2,3H3. The van der Waals surface area contributed by atoms with Gasteiger partial charge in [-0.15, -0.1) is 11.3 Å². The van der Waals surface area contributed by atoms with Crippen LogP contribution < -0.4 is 5.32 Å². The highest BCUT2D eigenvalue weighted by Crippen LogP contribution is 2.22. The van der Waals surface area contributed by atoms with Gasteiger partial charge in [-0.1, -0.05) is 19.2 Å². The van der Waals surface area contributed by atoms with Crippen LogP contribution in [0.5, 0.6) is 0 Å². The Morgan fingerprint density at radius 1 is 1.58 bits per heavy atom. The van der Waals surface area contributed by atoms with Crippen LogP contribution in [0, 0.1) is 0 Å². The third-order valence-electron chi connectivity index (χ3n) is 1.65. The molecule has 0 spiro atoms. The van der Waals surface area contributed by atoms with Crippen LogP contribution in [0.15, 0.2) is 36.4 Å². The van der Waals surface area contributed by atoms with Crippen molar-refractivity contribution >= 4 is 16.9 Å². The van der Waals surface area contributed by atoms with Gasteiger partial charge in [0.2, 0.25) is 0 Å². The zero-order chi connectivity index (χ0) is 8.97. The van der Waals surface area contributed by atoms with Crippen molar-refractivity contribution in [1.29, 1.82) is 0 Å². The Bertz CT molecular complexity index is 272. The van der Waals surface area contributed by atoms with Crippen molar-refractivity contribution in [2.45, 2.75) is 6.42 Å². The lowest BCUT2D eigenvalue weighted by molar-refractivity contribution is 0.956. The summed E-state index contributed by atoms with van der Waals surface area (Å²) < 4.78 is 0. The SMILES string of the molecule is C=C(CC(=C)c1cccs1)NC. The normalized spacial score (nSPS) is 9.42. The minimum Gasteiger partial charge on any atom is -0.392 e. The van der Waals surface area contributed by atoms with Crippen LogP contribution in [-0.4, -0.2) is 7.05 Å². The summed E-state index contributed by atoms with van der Waals surface area (Å²) in [5.41, 5.74) is 2.14. The van der Waals surface area contributed by atoms with E-state index in [0.717, 1.165) is 17.7 Å². The van der Waals surface area contributed by atoms with Gasteiger partial charge in [-0.05, 0) is 17.0 Å². The van der Waals surface area contributed by atoms with E-state index in [4.69, 9.17) is 0 Å². The predicted octanol–water partition coefficient (Wildman–Crippen LogP) is 2.88. The molecule has 0 aliphatic rings. The van der Waals surface area contributed by atoms with Gasteiger partial charge in [-0.3, -0.25) is 0 Å². The van der Waals surface area contributed by atoms with Gasteiger partial charge in [-0.25, -0.2) is 0 Å². The maximum atomic E-state index is 3.99. The lowest BCUT2D eigenvalue weighted by Crippen LogP contribution is -2.03. The number of rotatable bonds is 4. The molecule has 12 heavy (non-hydrogen) atoms. The highest BCUT2D eigenvalue weighted by Gasteiger charge is 2.00. The van der Waals surface area contributed by atoms with E-state index >= 15 is 0 Å². The van der Waals surface area contributed by atoms with Crippen molar-refractivity contribution in [3.05, 3.63) is 41.2 Å². The second kappa shape index (κ2) is 4.12. The maximum Gasteiger partial charge on any atom is 0.0300 e. The molecule has 0 saturated heterocycles. The minimum absolute atomic E-state index is 0.830. The molecule has 0 unspecified atom stereocenters. The molecule has 1 heterocycles. The Balaban J connectivity index is 2.56. The Morgan fingerprint density at radius 3 is 2.83 bits per heavy atom. The summed E-state index contributed by atoms with van der Waals surface area (Å²) in [6.45, 7) is 7.85. The average Bonchev–Trinajstić information content (AvgIpc) is 2.56. The van der Waals surface area contributed by atoms with Gasteiger partial charge in [0.25, 0.3) is 0 Å². The van der Waals surface area contributed by atoms with E-state index in [1.165, 1.54) is 4.88 Å². The van der Waals surface area contributed by atoms with Crippen LogP contribution in [0.1, 0.15) is 11.3 Å². The quantitative estimate of drug-likeness (QED) is 0.749. The van der Waals surface area contributed by atoms with Crippen LogP contribution in [0.2, 0.25) is 0 Å². The van der Waals surface area contributed by atoms with Gasteiger partial charge in [0.1, 0.15) is 0 Å². The van der Waals surface area contributed by atoms with E-state index in [0.29, 0.717) is 0 Å². The summed E-state index contributed by atoms with van der Waals surface area (Å²) in [7, 11) is 1.88. The minimum atomic E-state index is 0.830. The third-order valence-corrected chi connectivity index (χ3v) is 2.62. The summed E-state index contributed by atoms with van der Waals surface area (Å²) in [6, 6.07) is 4.11. The first-order valence-electron chi connectivity index (χ1n) is 3.81. The number of hydrogen-bond donors (Lipinski definition) is 1. The predicted molar refractivity (Wildman–Crippen MR) is 56.2 cm³/mol. The van der Waals surface area contributed by atoms with Crippen molar-refractivity contribution in [1.82, 2.24) is 5.32 Å². The Morgan fingerprint density at radius 2 is 2.33 bits per heavy atom. The second-order valence-corrected chi connectivity index (χ2v) is 3.56. The van der Waals surface area contributed by atoms with E-state index in [2.05, 4.69) is 29.9 Å². The first-order chi connectivity index (χ1) is 5.74. The van der Waals surface area contributed by atoms with Gasteiger partial charge in [0.15, 0.2) is 0 Å². The fourth-order valence-corrected chi connectivity index (χ4v) is 1.61. The van der Waals surface area contributed by atoms with Crippen LogP contribution in [0.4, 0.5) is 0 Å². The van der Waals surface area contributed by atoms with Gasteiger partial charge in [0.05, 0.1) is 0 Å². The third kappa shape index (κ3) is 2.24. The van der Waals surface area contributed by atoms with E-state index in [1.807, 2.05) is 13.1 Å². The summed E-state index contributed by atoms with van der Waals surface area (Å²) >= 11 is 1.72. The van der Waals surface area contributed by atoms with Crippen molar-refractivity contribution in [3.63, 3.8) is 0 Å². The van der Waals surface area contributed by atoms with Crippen molar-refractivity contribution in [2.24, 2.45) is 0 Å². The van der Waals surface area contributed by atoms with E-state index in [9.17, 15) is 0 Å². The highest BCUT2D eigenvalue weighted by molar-refractivity contribution is 7.11. The molecule has 0 saturated carbocycles. The van der Waals surface area contributed by atoms with E-state index in [-0.39, 0.29) is 0 Å². The van der Waals surface area contributed by atoms with Gasteiger partial charge >= 0.3 is 0 Å². The Labute approximate surface area is 77.4 Å². The first-order valence-corrected chi connectivity index (χ1v) is 4.69. The molecule has 1 nitrogen and oxygen atoms in total. The first kappa shape index (κ1) is 9.07. The van der Waals surface area contributed by atoms with Crippen LogP contribution >= 0.6 is 11.3 Å². The van der Waals surface area contributed by atoms with Crippen LogP contribution in [-0.2, 0) is 0 Å². The maximum absolute atomic E-state index is 3.99. The summed E-state index contributed by atoms with van der Waals surface area (Å²) in [4.78, 5) is 1.24. The van der Waals surface area contributed by atoms with Crippen LogP contribution in [0.3, 0.4) is 0 Å². The van der Waals surface area contributed by atoms with Crippen molar-refractivity contribution < 1.29 is 0 Å². The summed E-state index contributed by atoms with van der Waals surface area (Å²) in [5, 5.41) is 5.07. The summed E-state index contributed by atoms with van der Waals surface area (Å²) in [5.74, 6) is 0. The molecular weight excluding hydrogens is 166 g/mol. The largest absolute Gasteiger partial charge is 0.392 e. The topological polar surface area (TPSA) is 12.0 Å². The highest BCUT2D eigenvalue weighted by atomic mass is 32.1. The lowest BCUT2D eigenvalue weighted by Gasteiger charge is -2.05. The number of allylic oxidation sites excluding steroid dienone is 1. The molecule has 0 fully saturated rings. The molecule has 0 aromatic carbocycles. The molecule has 1 rings (SSSR count). The lowest BCUT2D eigenvalue weighted by atomic mass is 10.1. The van der Waals surface area contributed by atoms with Crippen molar-refractivity contribution in [2.75, 3.05) is 7.05 Å². The Kier molecular flexibility index (Phi) is 3.11. The zero-order valence-corrected chi connectivity index (χ0v) is 8.08. The fraction of sp³-hybridized carbons (Fsp3) is 0.200. The molecule has 0 aliphatic carbocycles. The molecule has 2 heteroatoms. The molecular formula is C10H13NS. The average molecular weight is 179 g/mol. The van der Waals surface area contributed by atoms with E-state index < -0.39 is 0 Å². The fourth-order valence-electron chi connectivity index (χ4n) is 0.913. The number of hydrogen-bond acceptors (Lipinski definition) is 2. The molecule has 0 radical (unpaired) electrons. The zero-order valence-electron chi connectivity index (χ0n) is 7.26. The van der Waals surface area contributed by atoms with Gasteiger partial charge in [-0.2, -0.15) is 0 Å². The Hall–Kier alpha value is -1.02. The van der Waals surface area contributed by atoms with Gasteiger partial charge in [0, 0.05) is 24.0 Å². The van der Waals surface area contributed by atoms with Gasteiger partial charge < -0.3 is 5.32 Å². The molecule has 0 atom stereocenters. The number of nitrogens with one attached hydrogen (secondary N) is 1. The molecule has 1 aromatic heterocycles. The van der Waals surface area contributed by atoms with E-state index in [1.54, 1.807) is 11.3 Å². The smallest absolute Gasteiger partial charge is 0.0300 e. The summed E-state index contributed by atoms with van der Waals surface area (Å²) in [6.07, 6.45) is 0.830. The van der Waals surface area contributed by atoms with Crippen LogP contribution in [0.25, 0.3) is 5.57 Å².